The average Bonchev–Trinajstić information content (AvgIpc) is 2.36. The zero-order valence-electron chi connectivity index (χ0n) is 4.85. The average molecular weight is 160 g/mol. The van der Waals surface area contributed by atoms with Crippen molar-refractivity contribution in [2.24, 2.45) is 0 Å². The zero-order valence-corrected chi connectivity index (χ0v) is 5.67. The van der Waals surface area contributed by atoms with Crippen LogP contribution in [0.2, 0.25) is 0 Å². The first kappa shape index (κ1) is 5.81. The molecule has 0 unspecified atom stereocenters. The highest BCUT2D eigenvalue weighted by Crippen LogP contribution is 2.05. The Bertz CT molecular complexity index is 352. The monoisotopic (exact) mass is 160 g/mol. The van der Waals surface area contributed by atoms with Crippen LogP contribution < -0.4 is 4.72 Å². The minimum Gasteiger partial charge on any atom is -0.217 e. The highest BCUT2D eigenvalue weighted by Gasteiger charge is 2.25. The number of hydrogen-bond acceptors (Lipinski definition) is 4. The molecule has 0 saturated carbocycles. The van der Waals surface area contributed by atoms with Crippen molar-refractivity contribution < 1.29 is 8.42 Å². The highest BCUT2D eigenvalue weighted by molar-refractivity contribution is 7.88. The molecule has 2 rings (SSSR count). The van der Waals surface area contributed by atoms with Crippen molar-refractivity contribution in [1.82, 2.24) is 18.9 Å². The largest absolute Gasteiger partial charge is 0.322 e. The third-order valence-corrected chi connectivity index (χ3v) is 2.49. The molecule has 2 heterocycles. The Hall–Kier alpha value is -0.950. The van der Waals surface area contributed by atoms with Crippen molar-refractivity contribution in [3.05, 3.63) is 12.2 Å². The molecular formula is C3H4N4O2S. The lowest BCUT2D eigenvalue weighted by Crippen LogP contribution is -2.20. The Morgan fingerprint density at radius 3 is 3.20 bits per heavy atom. The second-order valence-corrected chi connectivity index (χ2v) is 3.43. The van der Waals surface area contributed by atoms with Crippen LogP contribution >= 0.6 is 0 Å². The van der Waals surface area contributed by atoms with Gasteiger partial charge >= 0.3 is 10.2 Å². The van der Waals surface area contributed by atoms with Crippen LogP contribution in [-0.2, 0) is 16.8 Å². The molecule has 1 aromatic rings. The molecule has 0 bridgehead atoms. The Balaban J connectivity index is 2.76. The number of hydrogen-bond donors (Lipinski definition) is 1. The summed E-state index contributed by atoms with van der Waals surface area (Å²) in [6.07, 6.45) is 1.22. The minimum absolute atomic E-state index is 0.238. The summed E-state index contributed by atoms with van der Waals surface area (Å²) >= 11 is 0. The summed E-state index contributed by atoms with van der Waals surface area (Å²) < 4.78 is 24.9. The molecule has 54 valence electrons. The normalized spacial score (nSPS) is 20.8. The third-order valence-electron chi connectivity index (χ3n) is 1.22. The van der Waals surface area contributed by atoms with Crippen LogP contribution in [0.25, 0.3) is 0 Å². The number of nitrogens with zero attached hydrogens (tertiary/aromatic N) is 3. The predicted molar refractivity (Wildman–Crippen MR) is 31.2 cm³/mol. The number of rotatable bonds is 0. The van der Waals surface area contributed by atoms with Crippen LogP contribution in [-0.4, -0.2) is 22.6 Å². The molecule has 0 amide bonds. The molecule has 0 atom stereocenters. The van der Waals surface area contributed by atoms with Crippen LogP contribution in [0.15, 0.2) is 6.33 Å². The van der Waals surface area contributed by atoms with Crippen LogP contribution in [0.1, 0.15) is 5.82 Å². The van der Waals surface area contributed by atoms with E-state index in [0.717, 1.165) is 4.09 Å². The van der Waals surface area contributed by atoms with E-state index in [9.17, 15) is 8.42 Å². The Labute approximate surface area is 57.1 Å². The van der Waals surface area contributed by atoms with Gasteiger partial charge in [0, 0.05) is 0 Å². The molecule has 0 spiro atoms. The van der Waals surface area contributed by atoms with Gasteiger partial charge in [-0.2, -0.15) is 13.1 Å². The number of fused-ring (bicyclic) bond motifs is 1. The second-order valence-electron chi connectivity index (χ2n) is 1.85. The molecule has 1 N–H and O–H groups in total. The van der Waals surface area contributed by atoms with Crippen molar-refractivity contribution in [2.75, 3.05) is 0 Å². The highest BCUT2D eigenvalue weighted by atomic mass is 32.2. The van der Waals surface area contributed by atoms with E-state index in [1.807, 2.05) is 0 Å². The first-order valence-electron chi connectivity index (χ1n) is 2.59. The number of nitrogens with one attached hydrogen (secondary N) is 1. The van der Waals surface area contributed by atoms with Gasteiger partial charge in [0.1, 0.15) is 6.33 Å². The first-order valence-corrected chi connectivity index (χ1v) is 4.03. The fourth-order valence-electron chi connectivity index (χ4n) is 0.786. The maximum Gasteiger partial charge on any atom is 0.322 e. The van der Waals surface area contributed by atoms with Crippen LogP contribution in [0, 0.1) is 0 Å². The maximum absolute atomic E-state index is 10.9. The van der Waals surface area contributed by atoms with E-state index in [1.165, 1.54) is 6.33 Å². The Morgan fingerprint density at radius 1 is 1.70 bits per heavy atom. The van der Waals surface area contributed by atoms with Crippen molar-refractivity contribution in [3.8, 4) is 0 Å². The summed E-state index contributed by atoms with van der Waals surface area (Å²) in [6.45, 7) is 0.238. The maximum atomic E-state index is 10.9. The van der Waals surface area contributed by atoms with Crippen molar-refractivity contribution in [1.29, 1.82) is 0 Å². The molecule has 7 heteroatoms. The lowest BCUT2D eigenvalue weighted by atomic mass is 10.6. The molecular weight excluding hydrogens is 156 g/mol. The Kier molecular flexibility index (Phi) is 0.902. The van der Waals surface area contributed by atoms with E-state index >= 15 is 0 Å². The van der Waals surface area contributed by atoms with Gasteiger partial charge in [0.25, 0.3) is 0 Å². The molecule has 1 aliphatic rings. The Morgan fingerprint density at radius 2 is 2.50 bits per heavy atom. The van der Waals surface area contributed by atoms with Gasteiger partial charge in [0.2, 0.25) is 0 Å². The van der Waals surface area contributed by atoms with E-state index in [1.54, 1.807) is 0 Å². The molecule has 0 aliphatic carbocycles. The molecule has 0 fully saturated rings. The number of aromatic nitrogens is 3. The summed E-state index contributed by atoms with van der Waals surface area (Å²) in [7, 11) is -3.37. The fourth-order valence-corrected chi connectivity index (χ4v) is 1.78. The molecule has 1 aliphatic heterocycles. The van der Waals surface area contributed by atoms with Crippen molar-refractivity contribution >= 4 is 10.2 Å². The minimum atomic E-state index is -3.37. The molecule has 1 aromatic heterocycles. The molecule has 6 nitrogen and oxygen atoms in total. The standard InChI is InChI=1S/C3H4N4O2S/c8-10(9)6-1-3-4-2-5-7(3)10/h2,6H,1H2. The second kappa shape index (κ2) is 1.55. The summed E-state index contributed by atoms with van der Waals surface area (Å²) in [4.78, 5) is 3.70. The van der Waals surface area contributed by atoms with Gasteiger partial charge in [0.15, 0.2) is 5.82 Å². The van der Waals surface area contributed by atoms with E-state index in [2.05, 4.69) is 14.8 Å². The third kappa shape index (κ3) is 0.582. The van der Waals surface area contributed by atoms with Crippen LogP contribution in [0.5, 0.6) is 0 Å². The molecule has 10 heavy (non-hydrogen) atoms. The summed E-state index contributed by atoms with van der Waals surface area (Å²) in [5.41, 5.74) is 0. The van der Waals surface area contributed by atoms with Gasteiger partial charge in [-0.1, -0.05) is 0 Å². The van der Waals surface area contributed by atoms with Crippen LogP contribution in [0.4, 0.5) is 0 Å². The lowest BCUT2D eigenvalue weighted by Gasteiger charge is -1.90. The quantitative estimate of drug-likeness (QED) is 0.499. The van der Waals surface area contributed by atoms with E-state index in [0.29, 0.717) is 5.82 Å². The lowest BCUT2D eigenvalue weighted by molar-refractivity contribution is 0.577. The molecule has 0 radical (unpaired) electrons. The van der Waals surface area contributed by atoms with E-state index < -0.39 is 10.2 Å². The van der Waals surface area contributed by atoms with Gasteiger partial charge in [-0.15, -0.1) is 9.19 Å². The van der Waals surface area contributed by atoms with Gasteiger partial charge < -0.3 is 0 Å². The fraction of sp³-hybridized carbons (Fsp3) is 0.333. The van der Waals surface area contributed by atoms with Gasteiger partial charge in [-0.3, -0.25) is 0 Å². The zero-order chi connectivity index (χ0) is 7.19. The smallest absolute Gasteiger partial charge is 0.217 e. The van der Waals surface area contributed by atoms with Gasteiger partial charge in [0.05, 0.1) is 6.54 Å². The SMILES string of the molecule is O=S1(=O)NCc2ncnn21. The molecule has 0 saturated heterocycles. The summed E-state index contributed by atoms with van der Waals surface area (Å²) in [5.74, 6) is 0.431. The predicted octanol–water partition coefficient (Wildman–Crippen LogP) is -1.53. The van der Waals surface area contributed by atoms with Gasteiger partial charge in [-0.05, 0) is 0 Å². The summed E-state index contributed by atoms with van der Waals surface area (Å²) in [5, 5.41) is 3.50. The van der Waals surface area contributed by atoms with E-state index in [-0.39, 0.29) is 6.54 Å². The van der Waals surface area contributed by atoms with Gasteiger partial charge in [-0.25, -0.2) is 4.98 Å². The van der Waals surface area contributed by atoms with Crippen LogP contribution in [0.3, 0.4) is 0 Å². The van der Waals surface area contributed by atoms with Crippen molar-refractivity contribution in [3.63, 3.8) is 0 Å². The topological polar surface area (TPSA) is 76.9 Å². The summed E-state index contributed by atoms with van der Waals surface area (Å²) in [6, 6.07) is 0. The first-order chi connectivity index (χ1) is 4.70. The van der Waals surface area contributed by atoms with Crippen molar-refractivity contribution in [2.45, 2.75) is 6.54 Å². The van der Waals surface area contributed by atoms with E-state index in [4.69, 9.17) is 0 Å². The molecule has 0 aromatic carbocycles.